The third kappa shape index (κ3) is 1.88. The molecule has 0 atom stereocenters. The molecule has 0 fully saturated rings. The van der Waals surface area contributed by atoms with Crippen LogP contribution in [0.25, 0.3) is 11.0 Å². The SMILES string of the molecule is O=c1cc(CCc2ccccc2)oc2ccc3c(c12)O3. The molecular weight excluding hydrogens is 252 g/mol. The average Bonchev–Trinajstić information content (AvgIpc) is 3.25. The van der Waals surface area contributed by atoms with Gasteiger partial charge < -0.3 is 9.15 Å². The molecule has 2 aromatic carbocycles. The van der Waals surface area contributed by atoms with E-state index in [0.717, 1.165) is 12.2 Å². The number of aryl methyl sites for hydroxylation is 2. The van der Waals surface area contributed by atoms with E-state index in [2.05, 4.69) is 12.1 Å². The third-order valence-corrected chi connectivity index (χ3v) is 3.54. The van der Waals surface area contributed by atoms with E-state index in [1.807, 2.05) is 24.3 Å². The monoisotopic (exact) mass is 264 g/mol. The Hall–Kier alpha value is -2.55. The minimum Gasteiger partial charge on any atom is -0.461 e. The molecular formula is C17H12O3. The molecule has 1 aliphatic rings. The molecule has 4 rings (SSSR count). The summed E-state index contributed by atoms with van der Waals surface area (Å²) in [4.78, 5) is 12.1. The van der Waals surface area contributed by atoms with Gasteiger partial charge in [-0.15, -0.1) is 0 Å². The molecule has 20 heavy (non-hydrogen) atoms. The summed E-state index contributed by atoms with van der Waals surface area (Å²) in [5.41, 5.74) is 1.82. The molecule has 1 aromatic heterocycles. The standard InChI is InChI=1S/C17H12O3/c18-13-10-12(7-6-11-4-2-1-3-5-11)19-14-8-9-15-17(20-15)16(13)14/h1-5,8-10H,6-7H2. The maximum absolute atomic E-state index is 12.1. The summed E-state index contributed by atoms with van der Waals surface area (Å²) in [5, 5.41) is 0.561. The molecule has 3 nitrogen and oxygen atoms in total. The van der Waals surface area contributed by atoms with Crippen LogP contribution in [-0.2, 0) is 12.8 Å². The molecule has 1 aliphatic heterocycles. The summed E-state index contributed by atoms with van der Waals surface area (Å²) in [5.74, 6) is 2.17. The van der Waals surface area contributed by atoms with Crippen LogP contribution < -0.4 is 10.2 Å². The summed E-state index contributed by atoms with van der Waals surface area (Å²) < 4.78 is 11.0. The van der Waals surface area contributed by atoms with Crippen molar-refractivity contribution in [1.82, 2.24) is 0 Å². The van der Waals surface area contributed by atoms with Gasteiger partial charge in [-0.05, 0) is 24.1 Å². The van der Waals surface area contributed by atoms with E-state index in [4.69, 9.17) is 9.15 Å². The van der Waals surface area contributed by atoms with Crippen molar-refractivity contribution in [2.75, 3.05) is 0 Å². The molecule has 0 aliphatic carbocycles. The smallest absolute Gasteiger partial charge is 0.196 e. The minimum atomic E-state index is -0.0244. The predicted molar refractivity (Wildman–Crippen MR) is 76.4 cm³/mol. The van der Waals surface area contributed by atoms with Crippen molar-refractivity contribution < 1.29 is 9.15 Å². The Kier molecular flexibility index (Phi) is 2.39. The number of hydrogen-bond donors (Lipinski definition) is 0. The second kappa shape index (κ2) is 4.23. The Bertz CT molecular complexity index is 847. The molecule has 3 aromatic rings. The summed E-state index contributed by atoms with van der Waals surface area (Å²) in [6, 6.07) is 15.4. The number of fused-ring (bicyclic) bond motifs is 3. The quantitative estimate of drug-likeness (QED) is 0.530. The van der Waals surface area contributed by atoms with Gasteiger partial charge in [0.2, 0.25) is 0 Å². The molecule has 0 amide bonds. The van der Waals surface area contributed by atoms with E-state index in [-0.39, 0.29) is 5.43 Å². The Morgan fingerprint density at radius 1 is 0.950 bits per heavy atom. The molecule has 0 bridgehead atoms. The zero-order valence-corrected chi connectivity index (χ0v) is 10.8. The highest BCUT2D eigenvalue weighted by Crippen LogP contribution is 2.49. The van der Waals surface area contributed by atoms with Crippen molar-refractivity contribution in [1.29, 1.82) is 0 Å². The van der Waals surface area contributed by atoms with Gasteiger partial charge in [-0.1, -0.05) is 30.3 Å². The molecule has 98 valence electrons. The average molecular weight is 264 g/mol. The van der Waals surface area contributed by atoms with Crippen LogP contribution in [-0.4, -0.2) is 0 Å². The van der Waals surface area contributed by atoms with Crippen LogP contribution in [0.5, 0.6) is 11.5 Å². The molecule has 0 spiro atoms. The maximum Gasteiger partial charge on any atom is 0.196 e. The van der Waals surface area contributed by atoms with Gasteiger partial charge >= 0.3 is 0 Å². The molecule has 0 saturated carbocycles. The van der Waals surface area contributed by atoms with Crippen molar-refractivity contribution in [3.8, 4) is 11.5 Å². The molecule has 0 radical (unpaired) electrons. The lowest BCUT2D eigenvalue weighted by atomic mass is 10.1. The zero-order valence-electron chi connectivity index (χ0n) is 10.8. The van der Waals surface area contributed by atoms with Crippen molar-refractivity contribution in [2.45, 2.75) is 12.8 Å². The van der Waals surface area contributed by atoms with Crippen molar-refractivity contribution in [3.63, 3.8) is 0 Å². The lowest BCUT2D eigenvalue weighted by Gasteiger charge is -2.02. The van der Waals surface area contributed by atoms with E-state index in [1.54, 1.807) is 12.1 Å². The fraction of sp³-hybridized carbons (Fsp3) is 0.118. The topological polar surface area (TPSA) is 42.7 Å². The number of hydrogen-bond acceptors (Lipinski definition) is 3. The minimum absolute atomic E-state index is 0.0244. The highest BCUT2D eigenvalue weighted by molar-refractivity contribution is 5.91. The van der Waals surface area contributed by atoms with Gasteiger partial charge in [-0.3, -0.25) is 4.79 Å². The van der Waals surface area contributed by atoms with E-state index in [1.165, 1.54) is 5.56 Å². The Labute approximate surface area is 115 Å². The van der Waals surface area contributed by atoms with Crippen LogP contribution in [0, 0.1) is 0 Å². The van der Waals surface area contributed by atoms with E-state index >= 15 is 0 Å². The number of rotatable bonds is 3. The van der Waals surface area contributed by atoms with Crippen molar-refractivity contribution in [2.24, 2.45) is 0 Å². The van der Waals surface area contributed by atoms with Crippen molar-refractivity contribution in [3.05, 3.63) is 70.1 Å². The van der Waals surface area contributed by atoms with Crippen LogP contribution in [0.1, 0.15) is 11.3 Å². The predicted octanol–water partition coefficient (Wildman–Crippen LogP) is 3.68. The lowest BCUT2D eigenvalue weighted by Crippen LogP contribution is -2.02. The normalized spacial score (nSPS) is 12.0. The molecule has 3 heteroatoms. The van der Waals surface area contributed by atoms with Crippen LogP contribution in [0.15, 0.2) is 57.7 Å². The van der Waals surface area contributed by atoms with Crippen LogP contribution in [0.2, 0.25) is 0 Å². The van der Waals surface area contributed by atoms with Gasteiger partial charge in [-0.25, -0.2) is 0 Å². The summed E-state index contributed by atoms with van der Waals surface area (Å²) >= 11 is 0. The van der Waals surface area contributed by atoms with Crippen LogP contribution in [0.3, 0.4) is 0 Å². The zero-order chi connectivity index (χ0) is 13.5. The Balaban J connectivity index is 1.67. The van der Waals surface area contributed by atoms with Crippen molar-refractivity contribution >= 4 is 11.0 Å². The summed E-state index contributed by atoms with van der Waals surface area (Å²) in [6.07, 6.45) is 1.57. The molecule has 0 N–H and O–H groups in total. The summed E-state index contributed by atoms with van der Waals surface area (Å²) in [7, 11) is 0. The fourth-order valence-electron chi connectivity index (χ4n) is 2.46. The highest BCUT2D eigenvalue weighted by atomic mass is 16.6. The van der Waals surface area contributed by atoms with Crippen LogP contribution in [0.4, 0.5) is 0 Å². The molecule has 0 unspecified atom stereocenters. The van der Waals surface area contributed by atoms with Crippen LogP contribution >= 0.6 is 0 Å². The first kappa shape index (κ1) is 11.3. The second-order valence-electron chi connectivity index (χ2n) is 4.93. The van der Waals surface area contributed by atoms with Gasteiger partial charge in [0.1, 0.15) is 16.7 Å². The third-order valence-electron chi connectivity index (χ3n) is 3.54. The summed E-state index contributed by atoms with van der Waals surface area (Å²) in [6.45, 7) is 0. The van der Waals surface area contributed by atoms with E-state index in [9.17, 15) is 4.79 Å². The fourth-order valence-corrected chi connectivity index (χ4v) is 2.46. The lowest BCUT2D eigenvalue weighted by molar-refractivity contribution is 0.534. The first-order valence-electron chi connectivity index (χ1n) is 6.63. The van der Waals surface area contributed by atoms with Gasteiger partial charge in [0.05, 0.1) is 0 Å². The van der Waals surface area contributed by atoms with Gasteiger partial charge in [0, 0.05) is 12.5 Å². The van der Waals surface area contributed by atoms with Gasteiger partial charge in [0.15, 0.2) is 16.9 Å². The Morgan fingerprint density at radius 2 is 1.80 bits per heavy atom. The first-order valence-corrected chi connectivity index (χ1v) is 6.63. The van der Waals surface area contributed by atoms with E-state index < -0.39 is 0 Å². The first-order chi connectivity index (χ1) is 9.81. The molecule has 0 saturated heterocycles. The van der Waals surface area contributed by atoms with E-state index in [0.29, 0.717) is 28.9 Å². The Morgan fingerprint density at radius 3 is 2.65 bits per heavy atom. The van der Waals surface area contributed by atoms with Gasteiger partial charge in [0.25, 0.3) is 0 Å². The maximum atomic E-state index is 12.1. The number of benzene rings is 2. The largest absolute Gasteiger partial charge is 0.461 e. The highest BCUT2D eigenvalue weighted by Gasteiger charge is 2.26. The number of ether oxygens (including phenoxy) is 1. The van der Waals surface area contributed by atoms with Gasteiger partial charge in [-0.2, -0.15) is 0 Å². The molecule has 2 heterocycles. The second-order valence-corrected chi connectivity index (χ2v) is 4.93.